The zero-order valence-electron chi connectivity index (χ0n) is 11.9. The minimum absolute atomic E-state index is 0.435. The highest BCUT2D eigenvalue weighted by molar-refractivity contribution is 7.80. The number of anilines is 1. The van der Waals surface area contributed by atoms with Gasteiger partial charge in [-0.3, -0.25) is 0 Å². The van der Waals surface area contributed by atoms with Gasteiger partial charge >= 0.3 is 0 Å². The first-order chi connectivity index (χ1) is 9.69. The molecule has 3 N–H and O–H groups in total. The van der Waals surface area contributed by atoms with Crippen LogP contribution in [-0.4, -0.2) is 18.6 Å². The molecule has 0 aliphatic heterocycles. The molecule has 0 spiro atoms. The third kappa shape index (κ3) is 3.06. The summed E-state index contributed by atoms with van der Waals surface area (Å²) < 4.78 is 5.29. The smallest absolute Gasteiger partial charge is 0.120 e. The highest BCUT2D eigenvalue weighted by Gasteiger charge is 2.41. The Kier molecular flexibility index (Phi) is 3.83. The Morgan fingerprint density at radius 2 is 2.00 bits per heavy atom. The van der Waals surface area contributed by atoms with Crippen LogP contribution in [0.15, 0.2) is 18.2 Å². The fourth-order valence-corrected chi connectivity index (χ4v) is 3.18. The van der Waals surface area contributed by atoms with Gasteiger partial charge in [0.25, 0.3) is 0 Å². The van der Waals surface area contributed by atoms with Crippen LogP contribution in [0.3, 0.4) is 0 Å². The van der Waals surface area contributed by atoms with E-state index < -0.39 is 0 Å². The van der Waals surface area contributed by atoms with Crippen LogP contribution in [-0.2, 0) is 0 Å². The highest BCUT2D eigenvalue weighted by atomic mass is 32.1. The van der Waals surface area contributed by atoms with Gasteiger partial charge in [0.1, 0.15) is 10.7 Å². The summed E-state index contributed by atoms with van der Waals surface area (Å²) in [7, 11) is 1.68. The van der Waals surface area contributed by atoms with Gasteiger partial charge in [-0.2, -0.15) is 0 Å². The second-order valence-electron chi connectivity index (χ2n) is 6.00. The quantitative estimate of drug-likeness (QED) is 0.757. The summed E-state index contributed by atoms with van der Waals surface area (Å²) in [6.07, 6.45) is 5.62. The van der Waals surface area contributed by atoms with Gasteiger partial charge in [0, 0.05) is 23.9 Å². The van der Waals surface area contributed by atoms with E-state index in [2.05, 4.69) is 5.32 Å². The lowest BCUT2D eigenvalue weighted by molar-refractivity contribution is 0.414. The number of rotatable bonds is 7. The van der Waals surface area contributed by atoms with E-state index in [1.54, 1.807) is 7.11 Å². The molecule has 0 bridgehead atoms. The number of benzene rings is 1. The summed E-state index contributed by atoms with van der Waals surface area (Å²) in [4.78, 5) is 0.435. The van der Waals surface area contributed by atoms with Crippen LogP contribution >= 0.6 is 12.2 Å². The van der Waals surface area contributed by atoms with Gasteiger partial charge in [-0.1, -0.05) is 12.2 Å². The Hall–Kier alpha value is -1.29. The Balaban J connectivity index is 1.72. The summed E-state index contributed by atoms with van der Waals surface area (Å²) in [6.45, 7) is 1.03. The van der Waals surface area contributed by atoms with Crippen molar-refractivity contribution >= 4 is 22.9 Å². The van der Waals surface area contributed by atoms with Gasteiger partial charge < -0.3 is 15.8 Å². The van der Waals surface area contributed by atoms with E-state index in [0.717, 1.165) is 41.3 Å². The van der Waals surface area contributed by atoms with Crippen molar-refractivity contribution in [3.8, 4) is 5.75 Å². The molecule has 4 heteroatoms. The van der Waals surface area contributed by atoms with E-state index in [0.29, 0.717) is 4.99 Å². The molecule has 3 nitrogen and oxygen atoms in total. The number of thiocarbonyl (C=S) groups is 1. The van der Waals surface area contributed by atoms with Crippen LogP contribution in [0.2, 0.25) is 0 Å². The van der Waals surface area contributed by atoms with E-state index in [1.165, 1.54) is 25.7 Å². The highest BCUT2D eigenvalue weighted by Crippen LogP contribution is 2.49. The SMILES string of the molecule is COc1ccc(C(N)=S)c(NCC(C2CC2)C2CC2)c1. The van der Waals surface area contributed by atoms with Crippen LogP contribution in [0.25, 0.3) is 0 Å². The summed E-state index contributed by atoms with van der Waals surface area (Å²) in [6, 6.07) is 5.83. The Labute approximate surface area is 125 Å². The lowest BCUT2D eigenvalue weighted by Crippen LogP contribution is -2.20. The first-order valence-electron chi connectivity index (χ1n) is 7.40. The van der Waals surface area contributed by atoms with Crippen molar-refractivity contribution in [1.82, 2.24) is 0 Å². The number of nitrogens with one attached hydrogen (secondary N) is 1. The molecule has 2 fully saturated rings. The van der Waals surface area contributed by atoms with Gasteiger partial charge in [-0.15, -0.1) is 0 Å². The molecule has 108 valence electrons. The first kappa shape index (κ1) is 13.7. The number of nitrogens with two attached hydrogens (primary N) is 1. The predicted octanol–water partition coefficient (Wildman–Crippen LogP) is 3.18. The topological polar surface area (TPSA) is 47.3 Å². The van der Waals surface area contributed by atoms with Gasteiger partial charge in [-0.05, 0) is 55.6 Å². The lowest BCUT2D eigenvalue weighted by atomic mass is 9.97. The lowest BCUT2D eigenvalue weighted by Gasteiger charge is -2.19. The molecule has 2 aliphatic carbocycles. The molecular formula is C16H22N2OS. The molecule has 2 saturated carbocycles. The van der Waals surface area contributed by atoms with E-state index in [-0.39, 0.29) is 0 Å². The van der Waals surface area contributed by atoms with E-state index >= 15 is 0 Å². The molecule has 0 unspecified atom stereocenters. The standard InChI is InChI=1S/C16H22N2OS/c1-19-12-6-7-13(16(17)20)15(8-12)18-9-14(10-2-3-10)11-4-5-11/h6-8,10-11,14,18H,2-5,9H2,1H3,(H2,17,20). The maximum Gasteiger partial charge on any atom is 0.120 e. The van der Waals surface area contributed by atoms with Crippen molar-refractivity contribution < 1.29 is 4.74 Å². The summed E-state index contributed by atoms with van der Waals surface area (Å²) in [5.41, 5.74) is 7.72. The molecule has 3 rings (SSSR count). The maximum absolute atomic E-state index is 5.81. The van der Waals surface area contributed by atoms with Crippen LogP contribution in [0.1, 0.15) is 31.2 Å². The second kappa shape index (κ2) is 5.60. The van der Waals surface area contributed by atoms with Crippen molar-refractivity contribution in [3.63, 3.8) is 0 Å². The third-order valence-electron chi connectivity index (χ3n) is 4.48. The predicted molar refractivity (Wildman–Crippen MR) is 86.3 cm³/mol. The molecule has 1 aromatic carbocycles. The number of hydrogen-bond acceptors (Lipinski definition) is 3. The van der Waals surface area contributed by atoms with E-state index in [9.17, 15) is 0 Å². The van der Waals surface area contributed by atoms with Crippen LogP contribution in [0, 0.1) is 17.8 Å². The minimum atomic E-state index is 0.435. The summed E-state index contributed by atoms with van der Waals surface area (Å²) >= 11 is 5.13. The van der Waals surface area contributed by atoms with Crippen molar-refractivity contribution in [2.75, 3.05) is 19.0 Å². The molecule has 0 heterocycles. The molecule has 0 radical (unpaired) electrons. The van der Waals surface area contributed by atoms with Crippen LogP contribution in [0.5, 0.6) is 5.75 Å². The molecule has 0 aromatic heterocycles. The second-order valence-corrected chi connectivity index (χ2v) is 6.44. The largest absolute Gasteiger partial charge is 0.497 e. The third-order valence-corrected chi connectivity index (χ3v) is 4.70. The number of ether oxygens (including phenoxy) is 1. The zero-order valence-corrected chi connectivity index (χ0v) is 12.7. The average Bonchev–Trinajstić information content (AvgIpc) is 3.31. The monoisotopic (exact) mass is 290 g/mol. The average molecular weight is 290 g/mol. The molecule has 20 heavy (non-hydrogen) atoms. The number of methoxy groups -OCH3 is 1. The van der Waals surface area contributed by atoms with Crippen molar-refractivity contribution in [1.29, 1.82) is 0 Å². The normalized spacial score (nSPS) is 18.1. The molecule has 2 aliphatic rings. The summed E-state index contributed by atoms with van der Waals surface area (Å²) in [5.74, 6) is 3.53. The van der Waals surface area contributed by atoms with Gasteiger partial charge in [0.15, 0.2) is 0 Å². The van der Waals surface area contributed by atoms with Crippen molar-refractivity contribution in [2.45, 2.75) is 25.7 Å². The minimum Gasteiger partial charge on any atom is -0.497 e. The number of hydrogen-bond donors (Lipinski definition) is 2. The fraction of sp³-hybridized carbons (Fsp3) is 0.562. The summed E-state index contributed by atoms with van der Waals surface area (Å²) in [5, 5.41) is 3.56. The molecular weight excluding hydrogens is 268 g/mol. The Morgan fingerprint density at radius 3 is 2.50 bits per heavy atom. The molecule has 0 saturated heterocycles. The van der Waals surface area contributed by atoms with Gasteiger partial charge in [0.05, 0.1) is 7.11 Å². The first-order valence-corrected chi connectivity index (χ1v) is 7.81. The Bertz CT molecular complexity index is 497. The van der Waals surface area contributed by atoms with Crippen LogP contribution in [0.4, 0.5) is 5.69 Å². The maximum atomic E-state index is 5.81. The fourth-order valence-electron chi connectivity index (χ4n) is 3.01. The molecule has 1 aromatic rings. The van der Waals surface area contributed by atoms with Gasteiger partial charge in [-0.25, -0.2) is 0 Å². The van der Waals surface area contributed by atoms with E-state index in [1.807, 2.05) is 18.2 Å². The molecule has 0 atom stereocenters. The van der Waals surface area contributed by atoms with Crippen molar-refractivity contribution in [2.24, 2.45) is 23.5 Å². The van der Waals surface area contributed by atoms with E-state index in [4.69, 9.17) is 22.7 Å². The zero-order chi connectivity index (χ0) is 14.1. The van der Waals surface area contributed by atoms with Crippen LogP contribution < -0.4 is 15.8 Å². The Morgan fingerprint density at radius 1 is 1.35 bits per heavy atom. The molecule has 0 amide bonds. The van der Waals surface area contributed by atoms with Gasteiger partial charge in [0.2, 0.25) is 0 Å². The van der Waals surface area contributed by atoms with Crippen molar-refractivity contribution in [3.05, 3.63) is 23.8 Å².